The van der Waals surface area contributed by atoms with Crippen molar-refractivity contribution in [3.63, 3.8) is 0 Å². The van der Waals surface area contributed by atoms with Crippen LogP contribution in [-0.2, 0) is 4.84 Å². The van der Waals surface area contributed by atoms with Gasteiger partial charge in [-0.25, -0.2) is 10.0 Å². The summed E-state index contributed by atoms with van der Waals surface area (Å²) in [5, 5.41) is 5.70. The second kappa shape index (κ2) is 5.81. The molecule has 118 valence electrons. The minimum absolute atomic E-state index is 0.278. The Kier molecular flexibility index (Phi) is 3.83. The number of hydrogen-bond acceptors (Lipinski definition) is 5. The molecule has 0 aliphatic heterocycles. The fourth-order valence-electron chi connectivity index (χ4n) is 2.39. The maximum absolute atomic E-state index is 12.6. The number of hydrogen-bond donors (Lipinski definition) is 0. The van der Waals surface area contributed by atoms with Gasteiger partial charge in [-0.05, 0) is 19.9 Å². The molecule has 3 aromatic rings. The van der Waals surface area contributed by atoms with Gasteiger partial charge < -0.3 is 4.52 Å². The number of nitrogens with zero attached hydrogens (tertiary/aromatic N) is 3. The number of carbonyl (C=O) groups is 1. The summed E-state index contributed by atoms with van der Waals surface area (Å²) in [6.07, 6.45) is 0. The molecular formula is C17H17N3O3. The molecule has 6 nitrogen and oxygen atoms in total. The van der Waals surface area contributed by atoms with Crippen LogP contribution in [0.1, 0.15) is 21.6 Å². The number of rotatable bonds is 3. The van der Waals surface area contributed by atoms with Crippen molar-refractivity contribution in [2.24, 2.45) is 0 Å². The first-order valence-electron chi connectivity index (χ1n) is 7.17. The molecular weight excluding hydrogens is 294 g/mol. The average molecular weight is 311 g/mol. The van der Waals surface area contributed by atoms with Crippen molar-refractivity contribution >= 4 is 17.0 Å². The Hall–Kier alpha value is -2.73. The van der Waals surface area contributed by atoms with Crippen LogP contribution in [0.4, 0.5) is 0 Å². The number of benzene rings is 1. The molecule has 2 heterocycles. The monoisotopic (exact) mass is 311 g/mol. The first-order chi connectivity index (χ1) is 11.0. The van der Waals surface area contributed by atoms with Crippen LogP contribution in [-0.4, -0.2) is 35.3 Å². The lowest BCUT2D eigenvalue weighted by atomic mass is 10.0. The summed E-state index contributed by atoms with van der Waals surface area (Å²) >= 11 is 0. The summed E-state index contributed by atoms with van der Waals surface area (Å²) in [7, 11) is 3.00. The fourth-order valence-corrected chi connectivity index (χ4v) is 2.39. The summed E-state index contributed by atoms with van der Waals surface area (Å²) in [6, 6.07) is 9.66. The predicted octanol–water partition coefficient (Wildman–Crippen LogP) is 3.14. The van der Waals surface area contributed by atoms with Gasteiger partial charge in [-0.1, -0.05) is 35.0 Å². The first kappa shape index (κ1) is 15.2. The number of aryl methyl sites for hydroxylation is 2. The van der Waals surface area contributed by atoms with Crippen LogP contribution in [0.25, 0.3) is 22.4 Å². The average Bonchev–Trinajstić information content (AvgIpc) is 2.94. The van der Waals surface area contributed by atoms with E-state index in [1.165, 1.54) is 12.2 Å². The minimum Gasteiger partial charge on any atom is -0.335 e. The van der Waals surface area contributed by atoms with Crippen LogP contribution in [0.2, 0.25) is 0 Å². The maximum atomic E-state index is 12.6. The van der Waals surface area contributed by atoms with Crippen molar-refractivity contribution in [1.29, 1.82) is 0 Å². The smallest absolute Gasteiger partial charge is 0.278 e. The molecule has 0 saturated heterocycles. The number of aromatic nitrogens is 2. The number of carbonyl (C=O) groups excluding carboxylic acids is 1. The van der Waals surface area contributed by atoms with Crippen LogP contribution in [0.15, 0.2) is 34.9 Å². The molecule has 6 heteroatoms. The first-order valence-corrected chi connectivity index (χ1v) is 7.17. The van der Waals surface area contributed by atoms with E-state index in [-0.39, 0.29) is 5.91 Å². The quantitative estimate of drug-likeness (QED) is 0.695. The van der Waals surface area contributed by atoms with E-state index in [0.717, 1.165) is 11.1 Å². The lowest BCUT2D eigenvalue weighted by molar-refractivity contribution is -0.0755. The second-order valence-electron chi connectivity index (χ2n) is 5.35. The molecule has 1 amide bonds. The summed E-state index contributed by atoms with van der Waals surface area (Å²) < 4.78 is 5.27. The molecule has 23 heavy (non-hydrogen) atoms. The topological polar surface area (TPSA) is 68.5 Å². The Labute approximate surface area is 133 Å². The minimum atomic E-state index is -0.278. The molecule has 2 aromatic heterocycles. The molecule has 0 bridgehead atoms. The third kappa shape index (κ3) is 2.68. The van der Waals surface area contributed by atoms with Crippen LogP contribution in [0.3, 0.4) is 0 Å². The number of hydroxylamine groups is 2. The van der Waals surface area contributed by atoms with Gasteiger partial charge >= 0.3 is 0 Å². The Morgan fingerprint density at radius 3 is 2.57 bits per heavy atom. The zero-order chi connectivity index (χ0) is 16.6. The van der Waals surface area contributed by atoms with Crippen molar-refractivity contribution in [1.82, 2.24) is 15.2 Å². The third-order valence-electron chi connectivity index (χ3n) is 3.75. The molecule has 0 fully saturated rings. The van der Waals surface area contributed by atoms with Gasteiger partial charge in [0.1, 0.15) is 0 Å². The second-order valence-corrected chi connectivity index (χ2v) is 5.35. The highest BCUT2D eigenvalue weighted by molar-refractivity contribution is 6.06. The standard InChI is InChI=1S/C17H17N3O3/c1-10-5-7-12(8-6-10)14-9-13(17(21)20(3)22-4)15-11(2)19-23-16(15)18-14/h5-9H,1-4H3. The van der Waals surface area contributed by atoms with Crippen molar-refractivity contribution in [2.75, 3.05) is 14.2 Å². The molecule has 0 N–H and O–H groups in total. The number of fused-ring (bicyclic) bond motifs is 1. The van der Waals surface area contributed by atoms with Crippen LogP contribution >= 0.6 is 0 Å². The van der Waals surface area contributed by atoms with Gasteiger partial charge in [0.2, 0.25) is 0 Å². The zero-order valence-corrected chi connectivity index (χ0v) is 13.5. The Bertz CT molecular complexity index is 869. The molecule has 0 aliphatic rings. The predicted molar refractivity (Wildman–Crippen MR) is 85.8 cm³/mol. The Morgan fingerprint density at radius 2 is 1.91 bits per heavy atom. The third-order valence-corrected chi connectivity index (χ3v) is 3.75. The van der Waals surface area contributed by atoms with E-state index < -0.39 is 0 Å². The Balaban J connectivity index is 2.22. The molecule has 0 aliphatic carbocycles. The summed E-state index contributed by atoms with van der Waals surface area (Å²) in [5.74, 6) is -0.278. The van der Waals surface area contributed by atoms with Gasteiger partial charge in [0.15, 0.2) is 0 Å². The number of amides is 1. The van der Waals surface area contributed by atoms with Crippen molar-refractivity contribution in [3.8, 4) is 11.3 Å². The number of pyridine rings is 1. The summed E-state index contributed by atoms with van der Waals surface area (Å²) in [6.45, 7) is 3.80. The van der Waals surface area contributed by atoms with E-state index in [1.54, 1.807) is 20.0 Å². The summed E-state index contributed by atoms with van der Waals surface area (Å²) in [4.78, 5) is 22.1. The van der Waals surface area contributed by atoms with E-state index in [1.807, 2.05) is 31.2 Å². The van der Waals surface area contributed by atoms with Gasteiger partial charge in [-0.2, -0.15) is 0 Å². The van der Waals surface area contributed by atoms with Crippen LogP contribution in [0.5, 0.6) is 0 Å². The largest absolute Gasteiger partial charge is 0.335 e. The highest BCUT2D eigenvalue weighted by Crippen LogP contribution is 2.28. The molecule has 3 rings (SSSR count). The van der Waals surface area contributed by atoms with Crippen molar-refractivity contribution in [3.05, 3.63) is 47.2 Å². The molecule has 0 radical (unpaired) electrons. The highest BCUT2D eigenvalue weighted by atomic mass is 16.7. The summed E-state index contributed by atoms with van der Waals surface area (Å²) in [5.41, 5.74) is 4.13. The van der Waals surface area contributed by atoms with Gasteiger partial charge in [0.05, 0.1) is 29.4 Å². The van der Waals surface area contributed by atoms with E-state index in [0.29, 0.717) is 28.1 Å². The van der Waals surface area contributed by atoms with Gasteiger partial charge in [0, 0.05) is 12.6 Å². The Morgan fingerprint density at radius 1 is 1.22 bits per heavy atom. The van der Waals surface area contributed by atoms with E-state index in [4.69, 9.17) is 9.36 Å². The van der Waals surface area contributed by atoms with Crippen molar-refractivity contribution < 1.29 is 14.2 Å². The fraction of sp³-hybridized carbons (Fsp3) is 0.235. The molecule has 1 aromatic carbocycles. The van der Waals surface area contributed by atoms with Crippen LogP contribution < -0.4 is 0 Å². The van der Waals surface area contributed by atoms with Crippen LogP contribution in [0, 0.1) is 13.8 Å². The van der Waals surface area contributed by atoms with E-state index in [2.05, 4.69) is 10.1 Å². The zero-order valence-electron chi connectivity index (χ0n) is 13.5. The SMILES string of the molecule is CON(C)C(=O)c1cc(-c2ccc(C)cc2)nc2onc(C)c12. The molecule has 0 saturated carbocycles. The normalized spacial score (nSPS) is 11.0. The van der Waals surface area contributed by atoms with Gasteiger partial charge in [-0.15, -0.1) is 0 Å². The highest BCUT2D eigenvalue weighted by Gasteiger charge is 2.21. The molecule has 0 spiro atoms. The maximum Gasteiger partial charge on any atom is 0.278 e. The van der Waals surface area contributed by atoms with Gasteiger partial charge in [-0.3, -0.25) is 9.63 Å². The lowest BCUT2D eigenvalue weighted by Gasteiger charge is -2.14. The van der Waals surface area contributed by atoms with E-state index in [9.17, 15) is 4.79 Å². The lowest BCUT2D eigenvalue weighted by Crippen LogP contribution is -2.25. The van der Waals surface area contributed by atoms with Crippen molar-refractivity contribution in [2.45, 2.75) is 13.8 Å². The van der Waals surface area contributed by atoms with E-state index >= 15 is 0 Å². The molecule has 0 atom stereocenters. The van der Waals surface area contributed by atoms with Gasteiger partial charge in [0.25, 0.3) is 11.6 Å². The molecule has 0 unspecified atom stereocenters.